The van der Waals surface area contributed by atoms with Crippen molar-refractivity contribution in [3.05, 3.63) is 0 Å². The molecule has 1 saturated carbocycles. The maximum Gasteiger partial charge on any atom is 0.321 e. The first-order chi connectivity index (χ1) is 9.95. The van der Waals surface area contributed by atoms with E-state index in [0.717, 1.165) is 25.9 Å². The molecule has 2 N–H and O–H groups in total. The number of amides is 3. The Morgan fingerprint density at radius 3 is 2.24 bits per heavy atom. The highest BCUT2D eigenvalue weighted by Crippen LogP contribution is 2.22. The Morgan fingerprint density at radius 2 is 1.67 bits per heavy atom. The average Bonchev–Trinajstić information content (AvgIpc) is 2.89. The van der Waals surface area contributed by atoms with Gasteiger partial charge in [-0.3, -0.25) is 15.0 Å². The third kappa shape index (κ3) is 4.70. The molecule has 120 valence electrons. The maximum absolute atomic E-state index is 12.2. The van der Waals surface area contributed by atoms with E-state index < -0.39 is 0 Å². The molecule has 1 saturated heterocycles. The van der Waals surface area contributed by atoms with Crippen LogP contribution in [0.4, 0.5) is 4.79 Å². The molecule has 2 aliphatic rings. The summed E-state index contributed by atoms with van der Waals surface area (Å²) in [7, 11) is 0. The quantitative estimate of drug-likeness (QED) is 0.838. The van der Waals surface area contributed by atoms with Gasteiger partial charge in [0.05, 0.1) is 6.04 Å². The Bertz CT molecular complexity index is 370. The molecular formula is C16H29N3O2. The number of urea groups is 1. The van der Waals surface area contributed by atoms with Gasteiger partial charge in [-0.15, -0.1) is 0 Å². The van der Waals surface area contributed by atoms with Gasteiger partial charge in [0.1, 0.15) is 0 Å². The Labute approximate surface area is 127 Å². The summed E-state index contributed by atoms with van der Waals surface area (Å²) in [6.45, 7) is 8.20. The minimum absolute atomic E-state index is 0.188. The Kier molecular flexibility index (Phi) is 5.62. The molecule has 1 aliphatic carbocycles. The van der Waals surface area contributed by atoms with Crippen LogP contribution >= 0.6 is 0 Å². The smallest absolute Gasteiger partial charge is 0.321 e. The predicted molar refractivity (Wildman–Crippen MR) is 82.9 cm³/mol. The number of nitrogens with one attached hydrogen (secondary N) is 2. The van der Waals surface area contributed by atoms with Crippen LogP contribution in [0.25, 0.3) is 0 Å². The van der Waals surface area contributed by atoms with Crippen molar-refractivity contribution in [1.29, 1.82) is 0 Å². The fourth-order valence-electron chi connectivity index (χ4n) is 3.70. The van der Waals surface area contributed by atoms with Gasteiger partial charge in [-0.2, -0.15) is 0 Å². The fraction of sp³-hybridized carbons (Fsp3) is 0.875. The molecule has 0 aromatic rings. The summed E-state index contributed by atoms with van der Waals surface area (Å²) in [5.41, 5.74) is 0. The molecular weight excluding hydrogens is 266 g/mol. The molecule has 0 spiro atoms. The number of nitrogens with zero attached hydrogens (tertiary/aromatic N) is 1. The van der Waals surface area contributed by atoms with Crippen LogP contribution in [0, 0.1) is 11.8 Å². The Balaban J connectivity index is 1.79. The molecule has 0 aromatic carbocycles. The van der Waals surface area contributed by atoms with E-state index in [1.807, 2.05) is 6.92 Å². The van der Waals surface area contributed by atoms with E-state index in [4.69, 9.17) is 0 Å². The summed E-state index contributed by atoms with van der Waals surface area (Å²) >= 11 is 0. The summed E-state index contributed by atoms with van der Waals surface area (Å²) in [5, 5.41) is 5.40. The molecule has 3 atom stereocenters. The third-order valence-electron chi connectivity index (χ3n) is 4.75. The SMILES string of the molecule is CC1CC(C)CN(C(C)C(=O)NC(=O)NC2CCCC2)C1. The fourth-order valence-corrected chi connectivity index (χ4v) is 3.70. The van der Waals surface area contributed by atoms with E-state index in [1.54, 1.807) is 0 Å². The second-order valence-corrected chi connectivity index (χ2v) is 7.02. The van der Waals surface area contributed by atoms with Crippen LogP contribution in [0.15, 0.2) is 0 Å². The van der Waals surface area contributed by atoms with Gasteiger partial charge in [-0.1, -0.05) is 26.7 Å². The maximum atomic E-state index is 12.2. The number of likely N-dealkylation sites (tertiary alicyclic amines) is 1. The van der Waals surface area contributed by atoms with E-state index in [0.29, 0.717) is 11.8 Å². The highest BCUT2D eigenvalue weighted by molar-refractivity contribution is 5.96. The third-order valence-corrected chi connectivity index (χ3v) is 4.75. The highest BCUT2D eigenvalue weighted by atomic mass is 16.2. The van der Waals surface area contributed by atoms with Crippen LogP contribution in [0.3, 0.4) is 0 Å². The highest BCUT2D eigenvalue weighted by Gasteiger charge is 2.29. The van der Waals surface area contributed by atoms with Gasteiger partial charge in [0.25, 0.3) is 0 Å². The van der Waals surface area contributed by atoms with Crippen LogP contribution in [-0.2, 0) is 4.79 Å². The van der Waals surface area contributed by atoms with Crippen molar-refractivity contribution in [2.75, 3.05) is 13.1 Å². The lowest BCUT2D eigenvalue weighted by molar-refractivity contribution is -0.125. The summed E-state index contributed by atoms with van der Waals surface area (Å²) in [6, 6.07) is -0.343. The summed E-state index contributed by atoms with van der Waals surface area (Å²) in [5.74, 6) is 1.03. The Hall–Kier alpha value is -1.10. The largest absolute Gasteiger partial charge is 0.335 e. The molecule has 3 amide bonds. The van der Waals surface area contributed by atoms with Crippen LogP contribution < -0.4 is 10.6 Å². The van der Waals surface area contributed by atoms with Gasteiger partial charge < -0.3 is 5.32 Å². The van der Waals surface area contributed by atoms with Crippen LogP contribution in [0.5, 0.6) is 0 Å². The lowest BCUT2D eigenvalue weighted by Crippen LogP contribution is -2.53. The first-order valence-electron chi connectivity index (χ1n) is 8.31. The number of rotatable bonds is 3. The lowest BCUT2D eigenvalue weighted by atomic mass is 9.91. The molecule has 5 heteroatoms. The van der Waals surface area contributed by atoms with E-state index >= 15 is 0 Å². The first kappa shape index (κ1) is 16.3. The second-order valence-electron chi connectivity index (χ2n) is 7.02. The van der Waals surface area contributed by atoms with E-state index in [-0.39, 0.29) is 24.0 Å². The van der Waals surface area contributed by atoms with Crippen LogP contribution in [-0.4, -0.2) is 42.0 Å². The van der Waals surface area contributed by atoms with Crippen molar-refractivity contribution in [1.82, 2.24) is 15.5 Å². The number of carbonyl (C=O) groups excluding carboxylic acids is 2. The van der Waals surface area contributed by atoms with Crippen molar-refractivity contribution in [2.45, 2.75) is 65.0 Å². The van der Waals surface area contributed by atoms with Crippen molar-refractivity contribution < 1.29 is 9.59 Å². The lowest BCUT2D eigenvalue weighted by Gasteiger charge is -2.38. The van der Waals surface area contributed by atoms with Gasteiger partial charge in [-0.05, 0) is 38.0 Å². The van der Waals surface area contributed by atoms with Crippen LogP contribution in [0.2, 0.25) is 0 Å². The number of imide groups is 1. The molecule has 5 nitrogen and oxygen atoms in total. The summed E-state index contributed by atoms with van der Waals surface area (Å²) in [4.78, 5) is 26.3. The van der Waals surface area contributed by atoms with Crippen LogP contribution in [0.1, 0.15) is 52.9 Å². The second kappa shape index (κ2) is 7.25. The molecule has 3 unspecified atom stereocenters. The summed E-state index contributed by atoms with van der Waals surface area (Å²) < 4.78 is 0. The van der Waals surface area contributed by atoms with E-state index in [1.165, 1.54) is 19.3 Å². The minimum Gasteiger partial charge on any atom is -0.335 e. The standard InChI is InChI=1S/C16H29N3O2/c1-11-8-12(2)10-19(9-11)13(3)15(20)18-16(21)17-14-6-4-5-7-14/h11-14H,4-10H2,1-3H3,(H2,17,18,20,21). The van der Waals surface area contributed by atoms with Crippen molar-refractivity contribution in [3.63, 3.8) is 0 Å². The van der Waals surface area contributed by atoms with E-state index in [9.17, 15) is 9.59 Å². The number of carbonyl (C=O) groups is 2. The first-order valence-corrected chi connectivity index (χ1v) is 8.31. The van der Waals surface area contributed by atoms with Gasteiger partial charge in [0.2, 0.25) is 5.91 Å². The molecule has 0 aromatic heterocycles. The average molecular weight is 295 g/mol. The number of piperidine rings is 1. The van der Waals surface area contributed by atoms with Gasteiger partial charge in [-0.25, -0.2) is 4.79 Å². The minimum atomic E-state index is -0.336. The number of hydrogen-bond donors (Lipinski definition) is 2. The molecule has 0 bridgehead atoms. The molecule has 2 fully saturated rings. The monoisotopic (exact) mass is 295 g/mol. The Morgan fingerprint density at radius 1 is 1.10 bits per heavy atom. The van der Waals surface area contributed by atoms with Gasteiger partial charge in [0, 0.05) is 19.1 Å². The van der Waals surface area contributed by atoms with Gasteiger partial charge >= 0.3 is 6.03 Å². The topological polar surface area (TPSA) is 61.4 Å². The molecule has 0 radical (unpaired) electrons. The summed E-state index contributed by atoms with van der Waals surface area (Å²) in [6.07, 6.45) is 5.60. The van der Waals surface area contributed by atoms with Crippen molar-refractivity contribution in [3.8, 4) is 0 Å². The zero-order valence-corrected chi connectivity index (χ0v) is 13.5. The zero-order valence-electron chi connectivity index (χ0n) is 13.5. The van der Waals surface area contributed by atoms with Crippen molar-refractivity contribution in [2.24, 2.45) is 11.8 Å². The number of hydrogen-bond acceptors (Lipinski definition) is 3. The van der Waals surface area contributed by atoms with E-state index in [2.05, 4.69) is 29.4 Å². The molecule has 21 heavy (non-hydrogen) atoms. The molecule has 2 rings (SSSR count). The zero-order chi connectivity index (χ0) is 15.4. The normalized spacial score (nSPS) is 29.1. The van der Waals surface area contributed by atoms with Crippen molar-refractivity contribution >= 4 is 11.9 Å². The molecule has 1 heterocycles. The van der Waals surface area contributed by atoms with Gasteiger partial charge in [0.15, 0.2) is 0 Å². The molecule has 1 aliphatic heterocycles. The predicted octanol–water partition coefficient (Wildman–Crippen LogP) is 2.12.